The van der Waals surface area contributed by atoms with Crippen LogP contribution in [0.4, 0.5) is 18.9 Å². The number of hydrogen-bond donors (Lipinski definition) is 1. The highest BCUT2D eigenvalue weighted by Gasteiger charge is 2.34. The summed E-state index contributed by atoms with van der Waals surface area (Å²) < 4.78 is 44.2. The summed E-state index contributed by atoms with van der Waals surface area (Å²) >= 11 is 4.67. The van der Waals surface area contributed by atoms with Gasteiger partial charge in [0.25, 0.3) is 0 Å². The molecule has 0 radical (unpaired) electrons. The maximum atomic E-state index is 13.1. The summed E-state index contributed by atoms with van der Waals surface area (Å²) in [7, 11) is 1.70. The quantitative estimate of drug-likeness (QED) is 0.876. The summed E-state index contributed by atoms with van der Waals surface area (Å²) in [5.41, 5.74) is 5.64. The van der Waals surface area contributed by atoms with Crippen LogP contribution in [0.5, 0.6) is 0 Å². The Bertz CT molecular complexity index is 638. The number of nitrogens with zero attached hydrogens (tertiary/aromatic N) is 1. The second-order valence-corrected chi connectivity index (χ2v) is 5.02. The Balaban J connectivity index is 2.35. The zero-order chi connectivity index (χ0) is 15.6. The number of nitrogens with two attached hydrogens (primary N) is 1. The molecule has 21 heavy (non-hydrogen) atoms. The number of anilines is 1. The number of hydrogen-bond acceptors (Lipinski definition) is 3. The molecule has 0 aliphatic rings. The van der Waals surface area contributed by atoms with Gasteiger partial charge >= 0.3 is 6.18 Å². The van der Waals surface area contributed by atoms with E-state index < -0.39 is 11.7 Å². The monoisotopic (exact) mass is 314 g/mol. The fourth-order valence-electron chi connectivity index (χ4n) is 1.97. The van der Waals surface area contributed by atoms with E-state index in [0.29, 0.717) is 12.2 Å². The molecular weight excluding hydrogens is 301 g/mol. The van der Waals surface area contributed by atoms with Crippen molar-refractivity contribution >= 4 is 22.9 Å². The van der Waals surface area contributed by atoms with Gasteiger partial charge < -0.3 is 15.1 Å². The Morgan fingerprint density at radius 3 is 2.57 bits per heavy atom. The van der Waals surface area contributed by atoms with E-state index in [-0.39, 0.29) is 10.6 Å². The maximum Gasteiger partial charge on any atom is 0.417 e. The average Bonchev–Trinajstić information content (AvgIpc) is 2.89. The molecule has 0 saturated heterocycles. The number of thiocarbonyl (C=S) groups is 1. The normalized spacial score (nSPS) is 11.4. The van der Waals surface area contributed by atoms with E-state index in [4.69, 9.17) is 10.2 Å². The van der Waals surface area contributed by atoms with Crippen molar-refractivity contribution < 1.29 is 17.6 Å². The average molecular weight is 314 g/mol. The summed E-state index contributed by atoms with van der Waals surface area (Å²) in [4.78, 5) is 1.41. The lowest BCUT2D eigenvalue weighted by Crippen LogP contribution is -2.21. The van der Waals surface area contributed by atoms with Crippen molar-refractivity contribution in [3.63, 3.8) is 0 Å². The molecule has 0 aliphatic heterocycles. The number of rotatable bonds is 4. The lowest BCUT2D eigenvalue weighted by molar-refractivity contribution is -0.137. The van der Waals surface area contributed by atoms with E-state index >= 15 is 0 Å². The van der Waals surface area contributed by atoms with Crippen molar-refractivity contribution in [2.75, 3.05) is 11.9 Å². The van der Waals surface area contributed by atoms with Gasteiger partial charge in [-0.05, 0) is 24.3 Å². The van der Waals surface area contributed by atoms with Crippen molar-refractivity contribution in [1.82, 2.24) is 0 Å². The smallest absolute Gasteiger partial charge is 0.417 e. The molecule has 1 heterocycles. The molecule has 2 aromatic rings. The molecule has 2 N–H and O–H groups in total. The lowest BCUT2D eigenvalue weighted by Gasteiger charge is -2.21. The van der Waals surface area contributed by atoms with E-state index in [9.17, 15) is 13.2 Å². The number of halogens is 3. The first-order chi connectivity index (χ1) is 9.79. The molecule has 1 aromatic carbocycles. The zero-order valence-corrected chi connectivity index (χ0v) is 12.0. The summed E-state index contributed by atoms with van der Waals surface area (Å²) in [6.45, 7) is 0.431. The molecule has 1 aromatic heterocycles. The molecular formula is C14H13F3N2OS. The molecule has 7 heteroatoms. The van der Waals surface area contributed by atoms with Crippen LogP contribution in [0, 0.1) is 0 Å². The molecule has 0 fully saturated rings. The first kappa shape index (κ1) is 15.4. The Kier molecular flexibility index (Phi) is 4.22. The van der Waals surface area contributed by atoms with Crippen LogP contribution in [-0.4, -0.2) is 12.0 Å². The topological polar surface area (TPSA) is 42.4 Å². The minimum absolute atomic E-state index is 0.169. The van der Waals surface area contributed by atoms with Gasteiger partial charge in [-0.25, -0.2) is 0 Å². The highest BCUT2D eigenvalue weighted by Crippen LogP contribution is 2.34. The molecule has 0 amide bonds. The Labute approximate surface area is 125 Å². The fourth-order valence-corrected chi connectivity index (χ4v) is 2.14. The van der Waals surface area contributed by atoms with Crippen LogP contribution in [-0.2, 0) is 12.7 Å². The number of furan rings is 1. The molecule has 112 valence electrons. The van der Waals surface area contributed by atoms with Gasteiger partial charge in [0.15, 0.2) is 0 Å². The van der Waals surface area contributed by atoms with E-state index in [2.05, 4.69) is 12.2 Å². The Morgan fingerprint density at radius 1 is 1.33 bits per heavy atom. The third-order valence-electron chi connectivity index (χ3n) is 3.01. The molecule has 0 spiro atoms. The fraction of sp³-hybridized carbons (Fsp3) is 0.214. The molecule has 2 rings (SSSR count). The van der Waals surface area contributed by atoms with Crippen LogP contribution >= 0.6 is 12.2 Å². The highest BCUT2D eigenvalue weighted by molar-refractivity contribution is 7.80. The maximum absolute atomic E-state index is 13.1. The van der Waals surface area contributed by atoms with Crippen LogP contribution < -0.4 is 10.6 Å². The number of benzene rings is 1. The summed E-state index contributed by atoms with van der Waals surface area (Å²) in [5.74, 6) is 0. The van der Waals surface area contributed by atoms with Gasteiger partial charge in [0.05, 0.1) is 18.1 Å². The molecule has 0 saturated carbocycles. The molecule has 0 aliphatic carbocycles. The Hall–Kier alpha value is -2.02. The van der Waals surface area contributed by atoms with Crippen molar-refractivity contribution in [3.8, 4) is 0 Å². The predicted octanol–water partition coefficient (Wildman–Crippen LogP) is 3.57. The van der Waals surface area contributed by atoms with Crippen LogP contribution in [0.15, 0.2) is 41.2 Å². The summed E-state index contributed by atoms with van der Waals surface area (Å²) in [6.07, 6.45) is -1.45. The molecule has 0 atom stereocenters. The van der Waals surface area contributed by atoms with Crippen LogP contribution in [0.2, 0.25) is 0 Å². The molecule has 3 nitrogen and oxygen atoms in total. The summed E-state index contributed by atoms with van der Waals surface area (Å²) in [5, 5.41) is 0. The van der Waals surface area contributed by atoms with E-state index in [0.717, 1.165) is 11.6 Å². The van der Waals surface area contributed by atoms with Gasteiger partial charge in [-0.2, -0.15) is 13.2 Å². The third kappa shape index (κ3) is 3.55. The zero-order valence-electron chi connectivity index (χ0n) is 11.1. The third-order valence-corrected chi connectivity index (χ3v) is 3.23. The SMILES string of the molecule is CN(Cc1ccoc1)c1ccc(C(N)=S)c(C(F)(F)F)c1. The first-order valence-electron chi connectivity index (χ1n) is 6.02. The van der Waals surface area contributed by atoms with Crippen LogP contribution in [0.25, 0.3) is 0 Å². The van der Waals surface area contributed by atoms with E-state index in [1.807, 2.05) is 0 Å². The summed E-state index contributed by atoms with van der Waals surface area (Å²) in [6, 6.07) is 5.66. The second kappa shape index (κ2) is 5.77. The largest absolute Gasteiger partial charge is 0.472 e. The predicted molar refractivity (Wildman–Crippen MR) is 78.1 cm³/mol. The minimum Gasteiger partial charge on any atom is -0.472 e. The Morgan fingerprint density at radius 2 is 2.05 bits per heavy atom. The number of alkyl halides is 3. The van der Waals surface area contributed by atoms with Crippen molar-refractivity contribution in [2.24, 2.45) is 5.73 Å². The van der Waals surface area contributed by atoms with Gasteiger partial charge in [0.2, 0.25) is 0 Å². The second-order valence-electron chi connectivity index (χ2n) is 4.58. The first-order valence-corrected chi connectivity index (χ1v) is 6.43. The van der Waals surface area contributed by atoms with Crippen LogP contribution in [0.1, 0.15) is 16.7 Å². The van der Waals surface area contributed by atoms with Gasteiger partial charge in [-0.1, -0.05) is 12.2 Å². The minimum atomic E-state index is -4.51. The van der Waals surface area contributed by atoms with Gasteiger partial charge in [-0.15, -0.1) is 0 Å². The van der Waals surface area contributed by atoms with Gasteiger partial charge in [0.1, 0.15) is 4.99 Å². The van der Waals surface area contributed by atoms with E-state index in [1.54, 1.807) is 30.3 Å². The molecule has 0 bridgehead atoms. The lowest BCUT2D eigenvalue weighted by atomic mass is 10.1. The molecule has 0 unspecified atom stereocenters. The van der Waals surface area contributed by atoms with Crippen molar-refractivity contribution in [3.05, 3.63) is 53.5 Å². The van der Waals surface area contributed by atoms with E-state index in [1.165, 1.54) is 12.3 Å². The van der Waals surface area contributed by atoms with Gasteiger partial charge in [-0.3, -0.25) is 0 Å². The van der Waals surface area contributed by atoms with Gasteiger partial charge in [0, 0.05) is 30.4 Å². The van der Waals surface area contributed by atoms with Crippen LogP contribution in [0.3, 0.4) is 0 Å². The highest BCUT2D eigenvalue weighted by atomic mass is 32.1. The standard InChI is InChI=1S/C14H13F3N2OS/c1-19(7-9-4-5-20-8-9)10-2-3-11(13(18)21)12(6-10)14(15,16)17/h2-6,8H,7H2,1H3,(H2,18,21). The van der Waals surface area contributed by atoms with Crippen molar-refractivity contribution in [1.29, 1.82) is 0 Å². The van der Waals surface area contributed by atoms with Crippen molar-refractivity contribution in [2.45, 2.75) is 12.7 Å².